The molecule has 2 aliphatic rings. The monoisotopic (exact) mass is 344 g/mol. The number of ether oxygens (including phenoxy) is 1. The Hall–Kier alpha value is -1.64. The molecule has 3 atom stereocenters. The predicted molar refractivity (Wildman–Crippen MR) is 101 cm³/mol. The van der Waals surface area contributed by atoms with Crippen molar-refractivity contribution in [3.05, 3.63) is 34.9 Å². The van der Waals surface area contributed by atoms with Crippen LogP contribution in [-0.4, -0.2) is 18.4 Å². The molecule has 0 radical (unpaired) electrons. The molecule has 0 amide bonds. The number of carbonyl (C=O) groups excluding carboxylic acids is 2. The van der Waals surface area contributed by atoms with Gasteiger partial charge >= 0.3 is 5.97 Å². The van der Waals surface area contributed by atoms with Crippen molar-refractivity contribution < 1.29 is 14.3 Å². The van der Waals surface area contributed by atoms with Gasteiger partial charge in [-0.1, -0.05) is 44.6 Å². The molecule has 0 N–H and O–H groups in total. The van der Waals surface area contributed by atoms with E-state index < -0.39 is 0 Å². The largest absolute Gasteiger partial charge is 0.458 e. The number of carbonyl (C=O) groups is 2. The van der Waals surface area contributed by atoms with Crippen molar-refractivity contribution in [3.8, 4) is 0 Å². The molecule has 25 heavy (non-hydrogen) atoms. The lowest BCUT2D eigenvalue weighted by Gasteiger charge is -2.36. The molecule has 0 saturated carbocycles. The summed E-state index contributed by atoms with van der Waals surface area (Å²) in [4.78, 5) is 23.0. The first kappa shape index (κ1) is 19.7. The van der Waals surface area contributed by atoms with Gasteiger partial charge in [0, 0.05) is 6.92 Å². The summed E-state index contributed by atoms with van der Waals surface area (Å²) in [7, 11) is 0. The summed E-state index contributed by atoms with van der Waals surface area (Å²) in [6.45, 7) is 10.3. The Balaban J connectivity index is 2.42. The predicted octanol–water partition coefficient (Wildman–Crippen LogP) is 5.17. The highest BCUT2D eigenvalue weighted by atomic mass is 16.5. The number of aldehydes is 1. The first-order chi connectivity index (χ1) is 11.8. The topological polar surface area (TPSA) is 43.4 Å². The van der Waals surface area contributed by atoms with Crippen molar-refractivity contribution in [1.29, 1.82) is 0 Å². The van der Waals surface area contributed by atoms with Crippen molar-refractivity contribution in [2.24, 2.45) is 17.3 Å². The Morgan fingerprint density at radius 1 is 1.28 bits per heavy atom. The number of esters is 1. The molecule has 3 heteroatoms. The van der Waals surface area contributed by atoms with Gasteiger partial charge in [-0.2, -0.15) is 0 Å². The summed E-state index contributed by atoms with van der Waals surface area (Å²) in [6.07, 6.45) is 11.7. The van der Waals surface area contributed by atoms with E-state index in [1.165, 1.54) is 12.5 Å². The number of hydrogen-bond acceptors (Lipinski definition) is 3. The molecule has 0 spiro atoms. The Labute approximate surface area is 152 Å². The lowest BCUT2D eigenvalue weighted by molar-refractivity contribution is -0.145. The Kier molecular flexibility index (Phi) is 6.42. The van der Waals surface area contributed by atoms with Crippen LogP contribution in [0.2, 0.25) is 0 Å². The van der Waals surface area contributed by atoms with Crippen molar-refractivity contribution in [2.45, 2.75) is 72.8 Å². The van der Waals surface area contributed by atoms with Crippen molar-refractivity contribution in [2.75, 3.05) is 0 Å². The Bertz CT molecular complexity index is 609. The highest BCUT2D eigenvalue weighted by Gasteiger charge is 2.42. The molecule has 2 aliphatic carbocycles. The van der Waals surface area contributed by atoms with E-state index in [2.05, 4.69) is 39.0 Å². The number of allylic oxidation sites excluding steroid dienone is 5. The van der Waals surface area contributed by atoms with Crippen LogP contribution in [0.4, 0.5) is 0 Å². The van der Waals surface area contributed by atoms with E-state index in [0.717, 1.165) is 49.5 Å². The summed E-state index contributed by atoms with van der Waals surface area (Å²) in [5, 5.41) is 0. The summed E-state index contributed by atoms with van der Waals surface area (Å²) >= 11 is 0. The van der Waals surface area contributed by atoms with Gasteiger partial charge in [0.25, 0.3) is 0 Å². The van der Waals surface area contributed by atoms with Crippen LogP contribution in [0.25, 0.3) is 0 Å². The second-order valence-corrected chi connectivity index (χ2v) is 8.19. The molecule has 0 bridgehead atoms. The zero-order valence-electron chi connectivity index (χ0n) is 16.3. The number of rotatable bonds is 3. The van der Waals surface area contributed by atoms with Crippen LogP contribution in [0.3, 0.4) is 0 Å². The van der Waals surface area contributed by atoms with E-state index in [-0.39, 0.29) is 17.5 Å². The highest BCUT2D eigenvalue weighted by molar-refractivity contribution is 5.73. The molecule has 0 fully saturated rings. The minimum Gasteiger partial charge on any atom is -0.458 e. The lowest BCUT2D eigenvalue weighted by Crippen LogP contribution is -2.31. The number of hydrogen-bond donors (Lipinski definition) is 0. The van der Waals surface area contributed by atoms with E-state index in [1.807, 2.05) is 6.92 Å². The molecule has 0 saturated heterocycles. The smallest absolute Gasteiger partial charge is 0.303 e. The maximum atomic E-state index is 11.6. The van der Waals surface area contributed by atoms with E-state index >= 15 is 0 Å². The second kappa shape index (κ2) is 8.16. The zero-order chi connectivity index (χ0) is 18.6. The SMILES string of the molecule is CC(=O)OC1C[C@@H]2C(C(C)C)=CC[C@@]2(C)C/C=C(\C=O)CC/C=C/1C. The number of fused-ring (bicyclic) bond motifs is 1. The van der Waals surface area contributed by atoms with Crippen LogP contribution in [0.5, 0.6) is 0 Å². The van der Waals surface area contributed by atoms with Gasteiger partial charge in [0.1, 0.15) is 12.4 Å². The van der Waals surface area contributed by atoms with Crippen LogP contribution in [0.1, 0.15) is 66.7 Å². The average molecular weight is 344 g/mol. The second-order valence-electron chi connectivity index (χ2n) is 8.19. The molecule has 3 nitrogen and oxygen atoms in total. The molecule has 0 aromatic carbocycles. The molecular weight excluding hydrogens is 312 g/mol. The standard InChI is InChI=1S/C22H32O3/c1-15(2)19-10-12-22(5)11-9-18(14-23)8-6-7-16(3)21(13-20(19)22)25-17(4)24/h7,9-10,14-15,20-21H,6,8,11-13H2,1-5H3/b16-7+,18-9-/t20-,21?,22-/m1/s1. The fraction of sp³-hybridized carbons (Fsp3) is 0.636. The molecule has 2 rings (SSSR count). The fourth-order valence-corrected chi connectivity index (χ4v) is 4.23. The van der Waals surface area contributed by atoms with Crippen LogP contribution < -0.4 is 0 Å². The first-order valence-corrected chi connectivity index (χ1v) is 9.45. The Morgan fingerprint density at radius 2 is 1.96 bits per heavy atom. The third kappa shape index (κ3) is 4.71. The van der Waals surface area contributed by atoms with Gasteiger partial charge in [-0.25, -0.2) is 0 Å². The van der Waals surface area contributed by atoms with Crippen molar-refractivity contribution in [3.63, 3.8) is 0 Å². The van der Waals surface area contributed by atoms with Crippen LogP contribution in [-0.2, 0) is 14.3 Å². The van der Waals surface area contributed by atoms with Crippen molar-refractivity contribution >= 4 is 12.3 Å². The zero-order valence-corrected chi connectivity index (χ0v) is 16.3. The van der Waals surface area contributed by atoms with Crippen LogP contribution in [0, 0.1) is 17.3 Å². The first-order valence-electron chi connectivity index (χ1n) is 9.45. The molecular formula is C22H32O3. The molecule has 0 aliphatic heterocycles. The van der Waals surface area contributed by atoms with Gasteiger partial charge in [-0.05, 0) is 67.4 Å². The van der Waals surface area contributed by atoms with Gasteiger partial charge in [-0.15, -0.1) is 0 Å². The molecule has 0 heterocycles. The maximum Gasteiger partial charge on any atom is 0.303 e. The molecule has 0 aromatic heterocycles. The van der Waals surface area contributed by atoms with Gasteiger partial charge in [0.05, 0.1) is 0 Å². The average Bonchev–Trinajstić information content (AvgIpc) is 2.85. The van der Waals surface area contributed by atoms with E-state index in [4.69, 9.17) is 4.74 Å². The minimum atomic E-state index is -0.228. The molecule has 138 valence electrons. The molecule has 0 aromatic rings. The summed E-state index contributed by atoms with van der Waals surface area (Å²) in [6, 6.07) is 0. The third-order valence-electron chi connectivity index (χ3n) is 5.86. The minimum absolute atomic E-state index is 0.0802. The normalized spacial score (nSPS) is 34.7. The van der Waals surface area contributed by atoms with Crippen LogP contribution >= 0.6 is 0 Å². The lowest BCUT2D eigenvalue weighted by atomic mass is 9.69. The van der Waals surface area contributed by atoms with Crippen molar-refractivity contribution in [1.82, 2.24) is 0 Å². The quantitative estimate of drug-likeness (QED) is 0.403. The molecule has 1 unspecified atom stereocenters. The summed E-state index contributed by atoms with van der Waals surface area (Å²) in [5.41, 5.74) is 3.53. The maximum absolute atomic E-state index is 11.6. The van der Waals surface area contributed by atoms with E-state index in [9.17, 15) is 9.59 Å². The summed E-state index contributed by atoms with van der Waals surface area (Å²) in [5.74, 6) is 0.616. The fourth-order valence-electron chi connectivity index (χ4n) is 4.23. The highest BCUT2D eigenvalue weighted by Crippen LogP contribution is 2.51. The Morgan fingerprint density at radius 3 is 2.56 bits per heavy atom. The van der Waals surface area contributed by atoms with Gasteiger partial charge in [-0.3, -0.25) is 9.59 Å². The van der Waals surface area contributed by atoms with Gasteiger partial charge in [0.2, 0.25) is 0 Å². The third-order valence-corrected chi connectivity index (χ3v) is 5.86. The van der Waals surface area contributed by atoms with Gasteiger partial charge < -0.3 is 4.74 Å². The van der Waals surface area contributed by atoms with Gasteiger partial charge in [0.15, 0.2) is 0 Å². The summed E-state index contributed by atoms with van der Waals surface area (Å²) < 4.78 is 5.69. The van der Waals surface area contributed by atoms with E-state index in [1.54, 1.807) is 0 Å². The van der Waals surface area contributed by atoms with Crippen LogP contribution in [0.15, 0.2) is 34.9 Å². The van der Waals surface area contributed by atoms with E-state index in [0.29, 0.717) is 11.8 Å².